The Labute approximate surface area is 134 Å². The minimum Gasteiger partial charge on any atom is -0.376 e. The molecule has 112 valence electrons. The maximum atomic E-state index is 11.8. The van der Waals surface area contributed by atoms with Crippen LogP contribution in [-0.2, 0) is 4.79 Å². The van der Waals surface area contributed by atoms with Crippen LogP contribution in [0.2, 0.25) is 0 Å². The number of carbonyl (C=O) groups is 1. The summed E-state index contributed by atoms with van der Waals surface area (Å²) in [5.41, 5.74) is 0.961. The van der Waals surface area contributed by atoms with Crippen molar-refractivity contribution in [3.8, 4) is 0 Å². The smallest absolute Gasteiger partial charge is 0.239 e. The summed E-state index contributed by atoms with van der Waals surface area (Å²) >= 11 is 3.47. The Kier molecular flexibility index (Phi) is 5.62. The molecule has 1 amide bonds. The van der Waals surface area contributed by atoms with Crippen LogP contribution in [0, 0.1) is 0 Å². The third-order valence-electron chi connectivity index (χ3n) is 3.38. The molecule has 1 atom stereocenters. The fourth-order valence-corrected chi connectivity index (χ4v) is 2.72. The summed E-state index contributed by atoms with van der Waals surface area (Å²) in [7, 11) is 0. The molecule has 0 spiro atoms. The van der Waals surface area contributed by atoms with Crippen molar-refractivity contribution in [1.82, 2.24) is 5.32 Å². The Morgan fingerprint density at radius 2 is 1.90 bits per heavy atom. The highest BCUT2D eigenvalue weighted by Crippen LogP contribution is 2.22. The van der Waals surface area contributed by atoms with E-state index in [0.29, 0.717) is 6.54 Å². The maximum absolute atomic E-state index is 11.8. The first kappa shape index (κ1) is 15.8. The van der Waals surface area contributed by atoms with Crippen LogP contribution in [0.25, 0.3) is 10.8 Å². The zero-order valence-corrected chi connectivity index (χ0v) is 14.0. The van der Waals surface area contributed by atoms with Crippen LogP contribution >= 0.6 is 15.9 Å². The van der Waals surface area contributed by atoms with E-state index in [1.807, 2.05) is 19.1 Å². The van der Waals surface area contributed by atoms with Crippen LogP contribution in [0.4, 0.5) is 5.69 Å². The van der Waals surface area contributed by atoms with Gasteiger partial charge in [-0.3, -0.25) is 4.79 Å². The number of hydrogen-bond donors (Lipinski definition) is 2. The molecule has 3 nitrogen and oxygen atoms in total. The Morgan fingerprint density at radius 1 is 1.19 bits per heavy atom. The summed E-state index contributed by atoms with van der Waals surface area (Å²) in [5.74, 6) is 0.0341. The van der Waals surface area contributed by atoms with Gasteiger partial charge in [0.15, 0.2) is 0 Å². The predicted octanol–water partition coefficient (Wildman–Crippen LogP) is 4.32. The quantitative estimate of drug-likeness (QED) is 0.816. The van der Waals surface area contributed by atoms with Gasteiger partial charge >= 0.3 is 0 Å². The fourth-order valence-electron chi connectivity index (χ4n) is 2.34. The van der Waals surface area contributed by atoms with E-state index in [9.17, 15) is 4.79 Å². The van der Waals surface area contributed by atoms with Crippen LogP contribution in [0.1, 0.15) is 26.7 Å². The van der Waals surface area contributed by atoms with E-state index in [0.717, 1.165) is 28.4 Å². The number of nitrogens with one attached hydrogen (secondary N) is 2. The van der Waals surface area contributed by atoms with Crippen LogP contribution in [0.15, 0.2) is 40.9 Å². The van der Waals surface area contributed by atoms with E-state index in [2.05, 4.69) is 57.8 Å². The minimum atomic E-state index is 0.0341. The number of halogens is 1. The van der Waals surface area contributed by atoms with Gasteiger partial charge in [-0.2, -0.15) is 0 Å². The van der Waals surface area contributed by atoms with E-state index in [1.54, 1.807) is 0 Å². The van der Waals surface area contributed by atoms with Crippen molar-refractivity contribution in [1.29, 1.82) is 0 Å². The number of anilines is 1. The Balaban J connectivity index is 1.94. The molecule has 4 heteroatoms. The molecular formula is C17H21BrN2O. The van der Waals surface area contributed by atoms with Crippen molar-refractivity contribution in [2.24, 2.45) is 0 Å². The minimum absolute atomic E-state index is 0.0341. The highest BCUT2D eigenvalue weighted by Gasteiger charge is 2.06. The molecule has 0 aliphatic heterocycles. The highest BCUT2D eigenvalue weighted by molar-refractivity contribution is 9.10. The van der Waals surface area contributed by atoms with Crippen LogP contribution in [0.5, 0.6) is 0 Å². The summed E-state index contributed by atoms with van der Waals surface area (Å²) in [6.45, 7) is 4.46. The molecule has 0 aliphatic rings. The van der Waals surface area contributed by atoms with Crippen LogP contribution < -0.4 is 10.6 Å². The molecule has 1 unspecified atom stereocenters. The number of rotatable bonds is 6. The Hall–Kier alpha value is -1.55. The van der Waals surface area contributed by atoms with Gasteiger partial charge in [-0.15, -0.1) is 0 Å². The van der Waals surface area contributed by atoms with Gasteiger partial charge in [-0.1, -0.05) is 41.4 Å². The molecule has 0 aromatic heterocycles. The largest absolute Gasteiger partial charge is 0.376 e. The van der Waals surface area contributed by atoms with Crippen molar-refractivity contribution in [2.45, 2.75) is 32.7 Å². The van der Waals surface area contributed by atoms with Crippen LogP contribution in [-0.4, -0.2) is 18.5 Å². The molecule has 0 radical (unpaired) electrons. The van der Waals surface area contributed by atoms with Gasteiger partial charge in [-0.25, -0.2) is 0 Å². The second kappa shape index (κ2) is 7.46. The first-order valence-electron chi connectivity index (χ1n) is 7.31. The molecular weight excluding hydrogens is 328 g/mol. The van der Waals surface area contributed by atoms with Gasteiger partial charge in [0.05, 0.1) is 6.54 Å². The summed E-state index contributed by atoms with van der Waals surface area (Å²) in [5, 5.41) is 8.50. The molecule has 2 rings (SSSR count). The first-order chi connectivity index (χ1) is 10.1. The zero-order valence-electron chi connectivity index (χ0n) is 12.4. The van der Waals surface area contributed by atoms with Crippen molar-refractivity contribution in [2.75, 3.05) is 11.9 Å². The molecule has 0 bridgehead atoms. The average Bonchev–Trinajstić information content (AvgIpc) is 2.45. The monoisotopic (exact) mass is 348 g/mol. The van der Waals surface area contributed by atoms with Crippen LogP contribution in [0.3, 0.4) is 0 Å². The lowest BCUT2D eigenvalue weighted by Crippen LogP contribution is -2.36. The van der Waals surface area contributed by atoms with Crippen molar-refractivity contribution in [3.05, 3.63) is 40.9 Å². The topological polar surface area (TPSA) is 41.1 Å². The van der Waals surface area contributed by atoms with Gasteiger partial charge in [-0.05, 0) is 48.4 Å². The molecule has 0 fully saturated rings. The van der Waals surface area contributed by atoms with Gasteiger partial charge < -0.3 is 10.6 Å². The third-order valence-corrected chi connectivity index (χ3v) is 3.88. The highest BCUT2D eigenvalue weighted by atomic mass is 79.9. The SMILES string of the molecule is CCCC(C)NC(=O)CNc1ccc2cc(Br)ccc2c1. The number of amides is 1. The summed E-state index contributed by atoms with van der Waals surface area (Å²) < 4.78 is 1.07. The normalized spacial score (nSPS) is 12.1. The number of carbonyl (C=O) groups excluding carboxylic acids is 1. The second-order valence-corrected chi connectivity index (χ2v) is 6.23. The molecule has 0 aliphatic carbocycles. The van der Waals surface area contributed by atoms with Gasteiger partial charge in [0.25, 0.3) is 0 Å². The standard InChI is InChI=1S/C17H21BrN2O/c1-3-4-12(2)20-17(21)11-19-16-8-6-13-9-15(18)7-5-14(13)10-16/h5-10,12,19H,3-4,11H2,1-2H3,(H,20,21). The van der Waals surface area contributed by atoms with Gasteiger partial charge in [0.1, 0.15) is 0 Å². The zero-order chi connectivity index (χ0) is 15.2. The van der Waals surface area contributed by atoms with E-state index in [4.69, 9.17) is 0 Å². The van der Waals surface area contributed by atoms with Gasteiger partial charge in [0, 0.05) is 16.2 Å². The fraction of sp³-hybridized carbons (Fsp3) is 0.353. The third kappa shape index (κ3) is 4.74. The lowest BCUT2D eigenvalue weighted by atomic mass is 10.1. The molecule has 21 heavy (non-hydrogen) atoms. The lowest BCUT2D eigenvalue weighted by Gasteiger charge is -2.13. The molecule has 0 heterocycles. The Bertz CT molecular complexity index is 627. The molecule has 0 saturated heterocycles. The van der Waals surface area contributed by atoms with Gasteiger partial charge in [0.2, 0.25) is 5.91 Å². The van der Waals surface area contributed by atoms with E-state index >= 15 is 0 Å². The average molecular weight is 349 g/mol. The lowest BCUT2D eigenvalue weighted by molar-refractivity contribution is -0.120. The number of fused-ring (bicyclic) bond motifs is 1. The molecule has 2 aromatic rings. The summed E-state index contributed by atoms with van der Waals surface area (Å²) in [6, 6.07) is 12.5. The summed E-state index contributed by atoms with van der Waals surface area (Å²) in [6.07, 6.45) is 2.09. The summed E-state index contributed by atoms with van der Waals surface area (Å²) in [4.78, 5) is 11.8. The molecule has 2 N–H and O–H groups in total. The van der Waals surface area contributed by atoms with Crippen molar-refractivity contribution < 1.29 is 4.79 Å². The Morgan fingerprint density at radius 3 is 2.67 bits per heavy atom. The molecule has 2 aromatic carbocycles. The first-order valence-corrected chi connectivity index (χ1v) is 8.10. The van der Waals surface area contributed by atoms with Crippen molar-refractivity contribution >= 4 is 38.3 Å². The van der Waals surface area contributed by atoms with Crippen molar-refractivity contribution in [3.63, 3.8) is 0 Å². The van der Waals surface area contributed by atoms with E-state index < -0.39 is 0 Å². The van der Waals surface area contributed by atoms with E-state index in [1.165, 1.54) is 5.39 Å². The number of benzene rings is 2. The maximum Gasteiger partial charge on any atom is 0.239 e. The second-order valence-electron chi connectivity index (χ2n) is 5.32. The molecule has 0 saturated carbocycles. The number of hydrogen-bond acceptors (Lipinski definition) is 2. The van der Waals surface area contributed by atoms with E-state index in [-0.39, 0.29) is 11.9 Å². The predicted molar refractivity (Wildman–Crippen MR) is 92.7 cm³/mol.